The van der Waals surface area contributed by atoms with Crippen LogP contribution >= 0.6 is 11.6 Å². The van der Waals surface area contributed by atoms with Crippen LogP contribution in [0.2, 0.25) is 5.02 Å². The van der Waals surface area contributed by atoms with Gasteiger partial charge in [-0.25, -0.2) is 0 Å². The van der Waals surface area contributed by atoms with Gasteiger partial charge in [-0.1, -0.05) is 24.6 Å². The second-order valence-corrected chi connectivity index (χ2v) is 3.91. The molecular formula is C12H13ClN2. The van der Waals surface area contributed by atoms with Gasteiger partial charge in [-0.05, 0) is 30.2 Å². The third-order valence-corrected chi connectivity index (χ3v) is 2.91. The molecule has 0 aliphatic rings. The molecule has 0 bridgehead atoms. The van der Waals surface area contributed by atoms with Gasteiger partial charge in [0.25, 0.3) is 0 Å². The number of aromatic nitrogens is 2. The third-order valence-electron chi connectivity index (χ3n) is 2.54. The second-order valence-electron chi connectivity index (χ2n) is 3.50. The zero-order valence-corrected chi connectivity index (χ0v) is 9.62. The highest BCUT2D eigenvalue weighted by molar-refractivity contribution is 6.31. The number of halogens is 1. The maximum atomic E-state index is 6.08. The Morgan fingerprint density at radius 1 is 1.33 bits per heavy atom. The molecule has 1 aromatic heterocycles. The number of benzene rings is 1. The quantitative estimate of drug-likeness (QED) is 0.760. The Labute approximate surface area is 94.5 Å². The third kappa shape index (κ3) is 1.90. The molecule has 0 unspecified atom stereocenters. The normalized spacial score (nSPS) is 10.6. The molecule has 2 aromatic rings. The van der Waals surface area contributed by atoms with Crippen LogP contribution in [0.4, 0.5) is 0 Å². The van der Waals surface area contributed by atoms with Gasteiger partial charge < -0.3 is 0 Å². The van der Waals surface area contributed by atoms with Gasteiger partial charge in [0, 0.05) is 23.8 Å². The van der Waals surface area contributed by atoms with Crippen LogP contribution in [0.5, 0.6) is 0 Å². The summed E-state index contributed by atoms with van der Waals surface area (Å²) in [5.41, 5.74) is 3.45. The highest BCUT2D eigenvalue weighted by Gasteiger charge is 2.05. The largest absolute Gasteiger partial charge is 0.268 e. The van der Waals surface area contributed by atoms with Crippen molar-refractivity contribution in [1.29, 1.82) is 0 Å². The van der Waals surface area contributed by atoms with Gasteiger partial charge in [-0.15, -0.1) is 0 Å². The van der Waals surface area contributed by atoms with Gasteiger partial charge in [0.2, 0.25) is 0 Å². The molecule has 3 heteroatoms. The Morgan fingerprint density at radius 3 is 2.73 bits per heavy atom. The Hall–Kier alpha value is -1.28. The fourth-order valence-corrected chi connectivity index (χ4v) is 1.91. The van der Waals surface area contributed by atoms with Crippen LogP contribution < -0.4 is 0 Å². The van der Waals surface area contributed by atoms with E-state index in [1.54, 1.807) is 6.20 Å². The molecule has 0 aliphatic heterocycles. The molecular weight excluding hydrogens is 208 g/mol. The first kappa shape index (κ1) is 10.2. The van der Waals surface area contributed by atoms with Crippen molar-refractivity contribution in [2.75, 3.05) is 0 Å². The van der Waals surface area contributed by atoms with Crippen LogP contribution in [0.25, 0.3) is 11.3 Å². The lowest BCUT2D eigenvalue weighted by molar-refractivity contribution is 0.776. The molecule has 15 heavy (non-hydrogen) atoms. The summed E-state index contributed by atoms with van der Waals surface area (Å²) >= 11 is 6.08. The molecule has 78 valence electrons. The monoisotopic (exact) mass is 220 g/mol. The molecule has 1 aromatic carbocycles. The van der Waals surface area contributed by atoms with E-state index in [4.69, 9.17) is 11.6 Å². The highest BCUT2D eigenvalue weighted by atomic mass is 35.5. The Kier molecular flexibility index (Phi) is 2.78. The van der Waals surface area contributed by atoms with Crippen molar-refractivity contribution in [1.82, 2.24) is 9.78 Å². The minimum absolute atomic E-state index is 0.836. The van der Waals surface area contributed by atoms with Crippen LogP contribution in [0.1, 0.15) is 12.5 Å². The van der Waals surface area contributed by atoms with Crippen molar-refractivity contribution in [3.8, 4) is 11.3 Å². The number of rotatable bonds is 2. The molecule has 0 aliphatic carbocycles. The van der Waals surface area contributed by atoms with E-state index in [-0.39, 0.29) is 0 Å². The Balaban J connectivity index is 2.51. The predicted octanol–water partition coefficient (Wildman–Crippen LogP) is 3.30. The van der Waals surface area contributed by atoms with Crippen molar-refractivity contribution in [3.05, 3.63) is 41.0 Å². The van der Waals surface area contributed by atoms with Gasteiger partial charge in [-0.2, -0.15) is 5.10 Å². The van der Waals surface area contributed by atoms with Crippen molar-refractivity contribution in [2.24, 2.45) is 7.05 Å². The zero-order valence-electron chi connectivity index (χ0n) is 8.87. The summed E-state index contributed by atoms with van der Waals surface area (Å²) in [4.78, 5) is 0. The predicted molar refractivity (Wildman–Crippen MR) is 63.0 cm³/mol. The maximum Gasteiger partial charge on any atom is 0.0678 e. The molecule has 0 atom stereocenters. The molecule has 0 saturated carbocycles. The average molecular weight is 221 g/mol. The SMILES string of the molecule is CCc1cc(-c2ccnn2C)ccc1Cl. The molecule has 0 fully saturated rings. The van der Waals surface area contributed by atoms with Crippen molar-refractivity contribution in [2.45, 2.75) is 13.3 Å². The summed E-state index contributed by atoms with van der Waals surface area (Å²) in [6, 6.07) is 8.10. The first-order valence-corrected chi connectivity index (χ1v) is 5.37. The smallest absolute Gasteiger partial charge is 0.0678 e. The standard InChI is InChI=1S/C12H13ClN2/c1-3-9-8-10(4-5-11(9)13)12-6-7-14-15(12)2/h4-8H,3H2,1-2H3. The van der Waals surface area contributed by atoms with E-state index >= 15 is 0 Å². The number of nitrogens with zero attached hydrogens (tertiary/aromatic N) is 2. The molecule has 0 radical (unpaired) electrons. The maximum absolute atomic E-state index is 6.08. The topological polar surface area (TPSA) is 17.8 Å². The Morgan fingerprint density at radius 2 is 2.13 bits per heavy atom. The van der Waals surface area contributed by atoms with E-state index in [1.807, 2.05) is 29.9 Å². The van der Waals surface area contributed by atoms with Gasteiger partial charge in [0.05, 0.1) is 5.69 Å². The summed E-state index contributed by atoms with van der Waals surface area (Å²) in [6.45, 7) is 2.11. The fraction of sp³-hybridized carbons (Fsp3) is 0.250. The van der Waals surface area contributed by atoms with E-state index in [1.165, 1.54) is 5.56 Å². The Bertz CT molecular complexity index is 474. The summed E-state index contributed by atoms with van der Waals surface area (Å²) in [7, 11) is 1.94. The highest BCUT2D eigenvalue weighted by Crippen LogP contribution is 2.24. The van der Waals surface area contributed by atoms with Crippen molar-refractivity contribution < 1.29 is 0 Å². The van der Waals surface area contributed by atoms with E-state index in [0.29, 0.717) is 0 Å². The molecule has 0 amide bonds. The number of hydrogen-bond acceptors (Lipinski definition) is 1. The van der Waals surface area contributed by atoms with E-state index in [9.17, 15) is 0 Å². The molecule has 0 N–H and O–H groups in total. The molecule has 0 saturated heterocycles. The first-order chi connectivity index (χ1) is 7.22. The second kappa shape index (κ2) is 4.07. The minimum atomic E-state index is 0.836. The molecule has 1 heterocycles. The van der Waals surface area contributed by atoms with E-state index in [0.717, 1.165) is 22.7 Å². The number of hydrogen-bond donors (Lipinski definition) is 0. The lowest BCUT2D eigenvalue weighted by Crippen LogP contribution is -1.94. The van der Waals surface area contributed by atoms with Gasteiger partial charge >= 0.3 is 0 Å². The summed E-state index contributed by atoms with van der Waals surface area (Å²) in [5, 5.41) is 4.99. The fourth-order valence-electron chi connectivity index (χ4n) is 1.66. The van der Waals surface area contributed by atoms with Crippen LogP contribution in [0.15, 0.2) is 30.5 Å². The van der Waals surface area contributed by atoms with E-state index < -0.39 is 0 Å². The summed E-state index contributed by atoms with van der Waals surface area (Å²) < 4.78 is 1.86. The first-order valence-electron chi connectivity index (χ1n) is 4.99. The summed E-state index contributed by atoms with van der Waals surface area (Å²) in [5.74, 6) is 0. The van der Waals surface area contributed by atoms with Crippen molar-refractivity contribution in [3.63, 3.8) is 0 Å². The number of aryl methyl sites for hydroxylation is 2. The minimum Gasteiger partial charge on any atom is -0.268 e. The van der Waals surface area contributed by atoms with Crippen LogP contribution in [0, 0.1) is 0 Å². The van der Waals surface area contributed by atoms with Crippen LogP contribution in [-0.4, -0.2) is 9.78 Å². The summed E-state index contributed by atoms with van der Waals surface area (Å²) in [6.07, 6.45) is 2.75. The van der Waals surface area contributed by atoms with E-state index in [2.05, 4.69) is 18.1 Å². The van der Waals surface area contributed by atoms with Gasteiger partial charge in [-0.3, -0.25) is 4.68 Å². The van der Waals surface area contributed by atoms with Gasteiger partial charge in [0.15, 0.2) is 0 Å². The van der Waals surface area contributed by atoms with Crippen molar-refractivity contribution >= 4 is 11.6 Å². The van der Waals surface area contributed by atoms with Gasteiger partial charge in [0.1, 0.15) is 0 Å². The molecule has 2 rings (SSSR count). The van der Waals surface area contributed by atoms with Crippen LogP contribution in [-0.2, 0) is 13.5 Å². The average Bonchev–Trinajstić information content (AvgIpc) is 2.65. The lowest BCUT2D eigenvalue weighted by Gasteiger charge is -2.06. The van der Waals surface area contributed by atoms with Crippen LogP contribution in [0.3, 0.4) is 0 Å². The molecule has 2 nitrogen and oxygen atoms in total. The zero-order chi connectivity index (χ0) is 10.8. The molecule has 0 spiro atoms. The lowest BCUT2D eigenvalue weighted by atomic mass is 10.1.